The van der Waals surface area contributed by atoms with Crippen molar-refractivity contribution in [2.24, 2.45) is 0 Å². The number of aryl methyl sites for hydroxylation is 1. The van der Waals surface area contributed by atoms with Gasteiger partial charge in [-0.15, -0.1) is 0 Å². The first-order valence-electron chi connectivity index (χ1n) is 10.3. The van der Waals surface area contributed by atoms with E-state index >= 15 is 0 Å². The molecule has 0 unspecified atom stereocenters. The van der Waals surface area contributed by atoms with Gasteiger partial charge in [0.05, 0.1) is 40.7 Å². The van der Waals surface area contributed by atoms with E-state index in [1.807, 2.05) is 73.6 Å². The van der Waals surface area contributed by atoms with Gasteiger partial charge < -0.3 is 11.1 Å². The second-order valence-corrected chi connectivity index (χ2v) is 7.58. The van der Waals surface area contributed by atoms with Crippen molar-refractivity contribution in [3.05, 3.63) is 60.7 Å². The third-order valence-corrected chi connectivity index (χ3v) is 5.28. The average molecular weight is 426 g/mol. The van der Waals surface area contributed by atoms with Gasteiger partial charge >= 0.3 is 0 Å². The normalized spacial score (nSPS) is 11.3. The first-order chi connectivity index (χ1) is 15.6. The number of nitrogen functional groups attached to an aromatic ring is 1. The van der Waals surface area contributed by atoms with E-state index in [4.69, 9.17) is 10.7 Å². The number of hydrogen-bond acceptors (Lipinski definition) is 7. The van der Waals surface area contributed by atoms with Crippen molar-refractivity contribution < 1.29 is 0 Å². The molecule has 4 N–H and O–H groups in total. The lowest BCUT2D eigenvalue weighted by Gasteiger charge is -2.06. The summed E-state index contributed by atoms with van der Waals surface area (Å²) in [5, 5.41) is 14.8. The molecule has 0 atom stereocenters. The third kappa shape index (κ3) is 3.69. The number of rotatable bonds is 6. The Hall–Kier alpha value is -4.11. The molecule has 160 valence electrons. The zero-order valence-electron chi connectivity index (χ0n) is 17.9. The molecule has 0 aromatic carbocycles. The Bertz CT molecular complexity index is 1400. The Balaban J connectivity index is 1.56. The summed E-state index contributed by atoms with van der Waals surface area (Å²) in [7, 11) is 1.92. The molecule has 5 rings (SSSR count). The Morgan fingerprint density at radius 1 is 1.03 bits per heavy atom. The molecule has 5 aromatic rings. The van der Waals surface area contributed by atoms with Gasteiger partial charge in [-0.1, -0.05) is 6.07 Å². The maximum atomic E-state index is 6.24. The first kappa shape index (κ1) is 19.8. The van der Waals surface area contributed by atoms with Crippen molar-refractivity contribution in [1.29, 1.82) is 0 Å². The fourth-order valence-electron chi connectivity index (χ4n) is 3.64. The van der Waals surface area contributed by atoms with Crippen LogP contribution in [0.4, 0.5) is 5.82 Å². The fraction of sp³-hybridized carbons (Fsp3) is 0.174. The van der Waals surface area contributed by atoms with Gasteiger partial charge in [-0.25, -0.2) is 4.98 Å². The highest BCUT2D eigenvalue weighted by Crippen LogP contribution is 2.34. The minimum absolute atomic E-state index is 0.449. The Labute approximate surface area is 184 Å². The van der Waals surface area contributed by atoms with Crippen molar-refractivity contribution in [3.63, 3.8) is 0 Å². The van der Waals surface area contributed by atoms with E-state index < -0.39 is 0 Å². The number of nitrogens with two attached hydrogens (primary N) is 1. The molecular formula is C23H23N9. The monoisotopic (exact) mass is 425 g/mol. The van der Waals surface area contributed by atoms with Crippen LogP contribution < -0.4 is 11.1 Å². The Morgan fingerprint density at radius 2 is 1.94 bits per heavy atom. The molecule has 5 aromatic heterocycles. The zero-order chi connectivity index (χ0) is 22.1. The first-order valence-corrected chi connectivity index (χ1v) is 10.3. The van der Waals surface area contributed by atoms with Crippen LogP contribution in [0.5, 0.6) is 0 Å². The maximum absolute atomic E-state index is 6.24. The van der Waals surface area contributed by atoms with E-state index in [1.165, 1.54) is 0 Å². The second-order valence-electron chi connectivity index (χ2n) is 7.58. The predicted octanol–water partition coefficient (Wildman–Crippen LogP) is 3.06. The molecule has 0 spiro atoms. The summed E-state index contributed by atoms with van der Waals surface area (Å²) in [5.41, 5.74) is 13.5. The van der Waals surface area contributed by atoms with Gasteiger partial charge in [0.15, 0.2) is 0 Å². The lowest BCUT2D eigenvalue weighted by Crippen LogP contribution is -2.14. The van der Waals surface area contributed by atoms with Crippen LogP contribution >= 0.6 is 0 Å². The number of nitrogens with zero attached hydrogens (tertiary/aromatic N) is 6. The molecule has 5 heterocycles. The predicted molar refractivity (Wildman–Crippen MR) is 125 cm³/mol. The van der Waals surface area contributed by atoms with Gasteiger partial charge in [0.25, 0.3) is 0 Å². The second kappa shape index (κ2) is 8.20. The lowest BCUT2D eigenvalue weighted by molar-refractivity contribution is 0.585. The van der Waals surface area contributed by atoms with E-state index in [1.54, 1.807) is 0 Å². The number of nitrogens with one attached hydrogen (secondary N) is 2. The number of anilines is 1. The fourth-order valence-corrected chi connectivity index (χ4v) is 3.64. The van der Waals surface area contributed by atoms with E-state index in [0.29, 0.717) is 17.2 Å². The van der Waals surface area contributed by atoms with Crippen LogP contribution in [0.2, 0.25) is 0 Å². The number of aromatic amines is 1. The molecule has 32 heavy (non-hydrogen) atoms. The summed E-state index contributed by atoms with van der Waals surface area (Å²) in [4.78, 5) is 14.0. The maximum Gasteiger partial charge on any atom is 0.129 e. The van der Waals surface area contributed by atoms with Crippen LogP contribution in [0.3, 0.4) is 0 Å². The summed E-state index contributed by atoms with van der Waals surface area (Å²) in [6.07, 6.45) is 5.70. The van der Waals surface area contributed by atoms with E-state index in [9.17, 15) is 0 Å². The molecular weight excluding hydrogens is 402 g/mol. The smallest absolute Gasteiger partial charge is 0.129 e. The van der Waals surface area contributed by atoms with Gasteiger partial charge in [-0.05, 0) is 44.3 Å². The molecule has 0 fully saturated rings. The van der Waals surface area contributed by atoms with Crippen LogP contribution in [0.25, 0.3) is 44.8 Å². The minimum Gasteiger partial charge on any atom is -0.383 e. The summed E-state index contributed by atoms with van der Waals surface area (Å²) < 4.78 is 1.91. The van der Waals surface area contributed by atoms with Crippen molar-refractivity contribution in [2.45, 2.75) is 13.5 Å². The van der Waals surface area contributed by atoms with Crippen LogP contribution in [0.1, 0.15) is 5.69 Å². The van der Waals surface area contributed by atoms with Crippen LogP contribution in [0, 0.1) is 6.92 Å². The van der Waals surface area contributed by atoms with Gasteiger partial charge in [-0.3, -0.25) is 19.7 Å². The number of fused-ring (bicyclic) bond motifs is 1. The summed E-state index contributed by atoms with van der Waals surface area (Å²) >= 11 is 0. The zero-order valence-corrected chi connectivity index (χ0v) is 17.9. The number of hydrogen-bond donors (Lipinski definition) is 3. The number of pyridine rings is 3. The van der Waals surface area contributed by atoms with Crippen molar-refractivity contribution in [1.82, 2.24) is 40.2 Å². The van der Waals surface area contributed by atoms with Crippen LogP contribution in [0.15, 0.2) is 55.0 Å². The molecule has 0 saturated carbocycles. The molecule has 0 amide bonds. The van der Waals surface area contributed by atoms with Crippen LogP contribution in [-0.4, -0.2) is 48.5 Å². The van der Waals surface area contributed by atoms with Gasteiger partial charge in [0, 0.05) is 35.8 Å². The summed E-state index contributed by atoms with van der Waals surface area (Å²) in [6.45, 7) is 3.60. The average Bonchev–Trinajstić information content (AvgIpc) is 3.44. The molecule has 0 radical (unpaired) electrons. The highest BCUT2D eigenvalue weighted by Gasteiger charge is 2.18. The number of likely N-dealkylation sites (N-methyl/N-ethyl adjacent to an activating group) is 1. The minimum atomic E-state index is 0.449. The standard InChI is InChI=1S/C23H23N9/c1-14-4-3-5-19(28-14)22-21(23(24)31-30-22)18-7-6-17-20(29-18)10-15(11-26-17)16-12-27-32(13-16)9-8-25-2/h3-7,10-13,25H,8-9H2,1-2H3,(H3,24,30,31). The summed E-state index contributed by atoms with van der Waals surface area (Å²) in [6, 6.07) is 11.7. The van der Waals surface area contributed by atoms with E-state index in [-0.39, 0.29) is 0 Å². The van der Waals surface area contributed by atoms with Gasteiger partial charge in [0.2, 0.25) is 0 Å². The number of H-pyrrole nitrogens is 1. The molecule has 0 saturated heterocycles. The highest BCUT2D eigenvalue weighted by molar-refractivity contribution is 5.89. The molecule has 0 aliphatic carbocycles. The molecule has 0 aliphatic rings. The SMILES string of the molecule is CNCCn1cc(-c2cnc3ccc(-c4c(-c5cccc(C)n5)n[nH]c4N)nc3c2)cn1. The van der Waals surface area contributed by atoms with E-state index in [2.05, 4.69) is 30.6 Å². The van der Waals surface area contributed by atoms with Crippen molar-refractivity contribution in [2.75, 3.05) is 19.3 Å². The third-order valence-electron chi connectivity index (χ3n) is 5.28. The van der Waals surface area contributed by atoms with Gasteiger partial charge in [-0.2, -0.15) is 10.2 Å². The molecule has 0 aliphatic heterocycles. The highest BCUT2D eigenvalue weighted by atomic mass is 15.3. The van der Waals surface area contributed by atoms with Crippen molar-refractivity contribution in [3.8, 4) is 33.8 Å². The van der Waals surface area contributed by atoms with Gasteiger partial charge in [0.1, 0.15) is 11.5 Å². The van der Waals surface area contributed by atoms with Crippen molar-refractivity contribution >= 4 is 16.9 Å². The largest absolute Gasteiger partial charge is 0.383 e. The van der Waals surface area contributed by atoms with Crippen LogP contribution in [-0.2, 0) is 6.54 Å². The Morgan fingerprint density at radius 3 is 2.78 bits per heavy atom. The summed E-state index contributed by atoms with van der Waals surface area (Å²) in [5.74, 6) is 0.449. The quantitative estimate of drug-likeness (QED) is 0.382. The Kier molecular flexibility index (Phi) is 5.08. The number of aromatic nitrogens is 7. The lowest BCUT2D eigenvalue weighted by atomic mass is 10.1. The molecule has 9 nitrogen and oxygen atoms in total. The molecule has 9 heteroatoms. The topological polar surface area (TPSA) is 123 Å². The van der Waals surface area contributed by atoms with E-state index in [0.717, 1.165) is 52.2 Å². The molecule has 0 bridgehead atoms.